The van der Waals surface area contributed by atoms with E-state index in [4.69, 9.17) is 15.0 Å². The summed E-state index contributed by atoms with van der Waals surface area (Å²) in [6.07, 6.45) is 0. The molecule has 2 heterocycles. The zero-order valence-electron chi connectivity index (χ0n) is 20.0. The standard InChI is InChI=1S/C33H22N4/c1-3-12-23(13-4-1)25-16-11-17-26(22-25)32-34-31(24-14-5-2-6-15-24)35-33(36-32)37-29-20-9-7-18-27(29)28-19-8-10-21-30(28)37/h1-22H. The third-order valence-corrected chi connectivity index (χ3v) is 6.66. The van der Waals surface area contributed by atoms with E-state index in [9.17, 15) is 0 Å². The van der Waals surface area contributed by atoms with Crippen molar-refractivity contribution in [2.45, 2.75) is 0 Å². The summed E-state index contributed by atoms with van der Waals surface area (Å²) in [6.45, 7) is 0. The van der Waals surface area contributed by atoms with Crippen molar-refractivity contribution >= 4 is 21.8 Å². The molecule has 7 aromatic rings. The summed E-state index contributed by atoms with van der Waals surface area (Å²) in [6, 6.07) is 45.7. The molecule has 0 fully saturated rings. The number of nitrogens with zero attached hydrogens (tertiary/aromatic N) is 4. The number of rotatable bonds is 4. The summed E-state index contributed by atoms with van der Waals surface area (Å²) in [4.78, 5) is 15.0. The van der Waals surface area contributed by atoms with Gasteiger partial charge in [0.25, 0.3) is 0 Å². The van der Waals surface area contributed by atoms with Crippen LogP contribution in [0.4, 0.5) is 0 Å². The number of hydrogen-bond donors (Lipinski definition) is 0. The SMILES string of the molecule is c1ccc(-c2cccc(-c3nc(-c4ccccc4)nc(-n4c5ccccc5c5ccccc54)n3)c2)cc1. The van der Waals surface area contributed by atoms with E-state index in [1.165, 1.54) is 10.8 Å². The molecule has 0 unspecified atom stereocenters. The Labute approximate surface area is 214 Å². The lowest BCUT2D eigenvalue weighted by Crippen LogP contribution is -2.06. The summed E-state index contributed by atoms with van der Waals surface area (Å²) < 4.78 is 2.14. The molecule has 4 heteroatoms. The van der Waals surface area contributed by atoms with Crippen LogP contribution in [-0.2, 0) is 0 Å². The molecule has 0 spiro atoms. The molecule has 0 saturated carbocycles. The Kier molecular flexibility index (Phi) is 5.07. The molecule has 5 aromatic carbocycles. The van der Waals surface area contributed by atoms with Crippen molar-refractivity contribution in [3.05, 3.63) is 133 Å². The maximum absolute atomic E-state index is 5.05. The number of aromatic nitrogens is 4. The molecular formula is C33H22N4. The molecule has 2 aromatic heterocycles. The van der Waals surface area contributed by atoms with Gasteiger partial charge in [-0.05, 0) is 29.3 Å². The molecule has 37 heavy (non-hydrogen) atoms. The predicted molar refractivity (Wildman–Crippen MR) is 150 cm³/mol. The van der Waals surface area contributed by atoms with Crippen molar-refractivity contribution in [1.29, 1.82) is 0 Å². The Balaban J connectivity index is 1.49. The Bertz CT molecular complexity index is 1820. The van der Waals surface area contributed by atoms with E-state index < -0.39 is 0 Å². The number of para-hydroxylation sites is 2. The second kappa shape index (κ2) is 8.85. The molecule has 0 N–H and O–H groups in total. The van der Waals surface area contributed by atoms with Gasteiger partial charge in [-0.15, -0.1) is 0 Å². The molecule has 4 nitrogen and oxygen atoms in total. The third-order valence-electron chi connectivity index (χ3n) is 6.66. The summed E-state index contributed by atoms with van der Waals surface area (Å²) in [7, 11) is 0. The molecule has 0 saturated heterocycles. The first-order valence-corrected chi connectivity index (χ1v) is 12.3. The lowest BCUT2D eigenvalue weighted by Gasteiger charge is -2.11. The van der Waals surface area contributed by atoms with Gasteiger partial charge >= 0.3 is 0 Å². The number of benzene rings is 5. The topological polar surface area (TPSA) is 43.6 Å². The highest BCUT2D eigenvalue weighted by molar-refractivity contribution is 6.08. The molecule has 0 radical (unpaired) electrons. The molecule has 0 amide bonds. The molecule has 0 bridgehead atoms. The first-order chi connectivity index (χ1) is 18.3. The minimum Gasteiger partial charge on any atom is -0.278 e. The second-order valence-electron chi connectivity index (χ2n) is 8.97. The first kappa shape index (κ1) is 21.2. The van der Waals surface area contributed by atoms with E-state index in [-0.39, 0.29) is 0 Å². The van der Waals surface area contributed by atoms with Gasteiger partial charge in [0.1, 0.15) is 0 Å². The largest absolute Gasteiger partial charge is 0.278 e. The third kappa shape index (κ3) is 3.76. The minimum absolute atomic E-state index is 0.603. The molecular weight excluding hydrogens is 452 g/mol. The average molecular weight is 475 g/mol. The quantitative estimate of drug-likeness (QED) is 0.260. The Morgan fingerprint density at radius 1 is 0.378 bits per heavy atom. The molecule has 0 aliphatic carbocycles. The summed E-state index contributed by atoms with van der Waals surface area (Å²) in [5.41, 5.74) is 6.31. The van der Waals surface area contributed by atoms with Crippen molar-refractivity contribution in [2.75, 3.05) is 0 Å². The fourth-order valence-electron chi connectivity index (χ4n) is 4.92. The molecule has 0 aliphatic heterocycles. The van der Waals surface area contributed by atoms with Crippen molar-refractivity contribution in [3.8, 4) is 39.9 Å². The maximum Gasteiger partial charge on any atom is 0.238 e. The van der Waals surface area contributed by atoms with E-state index in [0.29, 0.717) is 17.6 Å². The Hall–Kier alpha value is -5.09. The van der Waals surface area contributed by atoms with E-state index >= 15 is 0 Å². The zero-order chi connectivity index (χ0) is 24.6. The van der Waals surface area contributed by atoms with Gasteiger partial charge in [0.15, 0.2) is 11.6 Å². The highest BCUT2D eigenvalue weighted by Crippen LogP contribution is 2.32. The number of fused-ring (bicyclic) bond motifs is 3. The van der Waals surface area contributed by atoms with Crippen molar-refractivity contribution in [3.63, 3.8) is 0 Å². The van der Waals surface area contributed by atoms with E-state index in [1.54, 1.807) is 0 Å². The average Bonchev–Trinajstić information content (AvgIpc) is 3.32. The van der Waals surface area contributed by atoms with Crippen LogP contribution in [0, 0.1) is 0 Å². The van der Waals surface area contributed by atoms with E-state index in [0.717, 1.165) is 33.3 Å². The van der Waals surface area contributed by atoms with Crippen LogP contribution in [0.1, 0.15) is 0 Å². The highest BCUT2D eigenvalue weighted by Gasteiger charge is 2.17. The lowest BCUT2D eigenvalue weighted by molar-refractivity contribution is 0.953. The smallest absolute Gasteiger partial charge is 0.238 e. The predicted octanol–water partition coefficient (Wildman–Crippen LogP) is 7.97. The van der Waals surface area contributed by atoms with Gasteiger partial charge in [-0.1, -0.05) is 115 Å². The van der Waals surface area contributed by atoms with Gasteiger partial charge in [0.2, 0.25) is 5.95 Å². The van der Waals surface area contributed by atoms with E-state index in [1.807, 2.05) is 36.4 Å². The zero-order valence-corrected chi connectivity index (χ0v) is 20.0. The van der Waals surface area contributed by atoms with Crippen LogP contribution in [0.25, 0.3) is 61.7 Å². The fraction of sp³-hybridized carbons (Fsp3) is 0. The van der Waals surface area contributed by atoms with Gasteiger partial charge < -0.3 is 0 Å². The van der Waals surface area contributed by atoms with Crippen LogP contribution in [0.15, 0.2) is 133 Å². The van der Waals surface area contributed by atoms with Crippen molar-refractivity contribution < 1.29 is 0 Å². The minimum atomic E-state index is 0.603. The van der Waals surface area contributed by atoms with Gasteiger partial charge in [-0.3, -0.25) is 4.57 Å². The molecule has 0 aliphatic rings. The van der Waals surface area contributed by atoms with Gasteiger partial charge in [-0.2, -0.15) is 9.97 Å². The Morgan fingerprint density at radius 2 is 0.865 bits per heavy atom. The summed E-state index contributed by atoms with van der Waals surface area (Å²) in [5.74, 6) is 1.89. The van der Waals surface area contributed by atoms with Gasteiger partial charge in [-0.25, -0.2) is 4.98 Å². The fourth-order valence-corrected chi connectivity index (χ4v) is 4.92. The summed E-state index contributed by atoms with van der Waals surface area (Å²) >= 11 is 0. The summed E-state index contributed by atoms with van der Waals surface area (Å²) in [5, 5.41) is 2.35. The first-order valence-electron chi connectivity index (χ1n) is 12.3. The van der Waals surface area contributed by atoms with Gasteiger partial charge in [0.05, 0.1) is 11.0 Å². The van der Waals surface area contributed by atoms with Gasteiger partial charge in [0, 0.05) is 21.9 Å². The maximum atomic E-state index is 5.05. The van der Waals surface area contributed by atoms with Crippen LogP contribution in [0.5, 0.6) is 0 Å². The van der Waals surface area contributed by atoms with Crippen molar-refractivity contribution in [2.24, 2.45) is 0 Å². The molecule has 7 rings (SSSR count). The van der Waals surface area contributed by atoms with Crippen LogP contribution in [0.2, 0.25) is 0 Å². The second-order valence-corrected chi connectivity index (χ2v) is 8.97. The Morgan fingerprint density at radius 3 is 1.51 bits per heavy atom. The lowest BCUT2D eigenvalue weighted by atomic mass is 10.0. The van der Waals surface area contributed by atoms with Crippen molar-refractivity contribution in [1.82, 2.24) is 19.5 Å². The number of hydrogen-bond acceptors (Lipinski definition) is 3. The van der Waals surface area contributed by atoms with Crippen LogP contribution >= 0.6 is 0 Å². The normalized spacial score (nSPS) is 11.2. The van der Waals surface area contributed by atoms with Crippen LogP contribution in [0.3, 0.4) is 0 Å². The monoisotopic (exact) mass is 474 g/mol. The van der Waals surface area contributed by atoms with Crippen LogP contribution < -0.4 is 0 Å². The highest BCUT2D eigenvalue weighted by atomic mass is 15.2. The van der Waals surface area contributed by atoms with Crippen LogP contribution in [-0.4, -0.2) is 19.5 Å². The van der Waals surface area contributed by atoms with E-state index in [2.05, 4.69) is 102 Å². The molecule has 174 valence electrons. The molecule has 0 atom stereocenters.